The smallest absolute Gasteiger partial charge is 0.257 e. The molecule has 4 aromatic rings. The average Bonchev–Trinajstić information content (AvgIpc) is 3.19. The van der Waals surface area contributed by atoms with E-state index < -0.39 is 10.0 Å². The summed E-state index contributed by atoms with van der Waals surface area (Å²) < 4.78 is 31.4. The maximum absolute atomic E-state index is 12.5. The van der Waals surface area contributed by atoms with Gasteiger partial charge in [-0.3, -0.25) is 4.79 Å². The number of nitrogens with zero attached hydrogens (tertiary/aromatic N) is 2. The van der Waals surface area contributed by atoms with Crippen molar-refractivity contribution in [2.45, 2.75) is 23.1 Å². The standard InChI is InChI=1S/C23H23N3O4S2/c1-15(17-9-8-16-6-4-5-7-18(16)12-17)24-22(27)14-31-23-25-20-13-19(10-11-21(20)30-23)32(28,29)26(2)3/h4-13,15H,14H2,1-3H3,(H,24,27). The molecule has 1 aromatic heterocycles. The highest BCUT2D eigenvalue weighted by Gasteiger charge is 2.19. The van der Waals surface area contributed by atoms with E-state index in [4.69, 9.17) is 4.42 Å². The molecular weight excluding hydrogens is 446 g/mol. The lowest BCUT2D eigenvalue weighted by molar-refractivity contribution is -0.119. The highest BCUT2D eigenvalue weighted by atomic mass is 32.2. The normalized spacial score (nSPS) is 13.0. The van der Waals surface area contributed by atoms with Crippen molar-refractivity contribution in [2.75, 3.05) is 19.8 Å². The van der Waals surface area contributed by atoms with Crippen LogP contribution < -0.4 is 5.32 Å². The van der Waals surface area contributed by atoms with Crippen molar-refractivity contribution < 1.29 is 17.6 Å². The van der Waals surface area contributed by atoms with Crippen LogP contribution in [0, 0.1) is 0 Å². The molecule has 0 bridgehead atoms. The third kappa shape index (κ3) is 4.64. The Hall–Kier alpha value is -2.88. The molecule has 1 N–H and O–H groups in total. The summed E-state index contributed by atoms with van der Waals surface area (Å²) in [4.78, 5) is 16.9. The lowest BCUT2D eigenvalue weighted by Crippen LogP contribution is -2.28. The average molecular weight is 470 g/mol. The first-order valence-electron chi connectivity index (χ1n) is 9.98. The zero-order chi connectivity index (χ0) is 22.9. The third-order valence-corrected chi connectivity index (χ3v) is 7.73. The summed E-state index contributed by atoms with van der Waals surface area (Å²) in [6.07, 6.45) is 0. The van der Waals surface area contributed by atoms with Crippen molar-refractivity contribution in [1.29, 1.82) is 0 Å². The summed E-state index contributed by atoms with van der Waals surface area (Å²) in [5.74, 6) is -0.0121. The second-order valence-corrected chi connectivity index (χ2v) is 10.7. The predicted octanol–water partition coefficient (Wildman–Crippen LogP) is 4.20. The zero-order valence-electron chi connectivity index (χ0n) is 17.9. The van der Waals surface area contributed by atoms with Gasteiger partial charge in [-0.1, -0.05) is 48.2 Å². The predicted molar refractivity (Wildman–Crippen MR) is 126 cm³/mol. The Bertz CT molecular complexity index is 1400. The third-order valence-electron chi connectivity index (χ3n) is 5.10. The van der Waals surface area contributed by atoms with Gasteiger partial charge in [-0.25, -0.2) is 17.7 Å². The SMILES string of the molecule is CC(NC(=O)CSc1nc2cc(S(=O)(=O)N(C)C)ccc2o1)c1ccc2ccccc2c1. The quantitative estimate of drug-likeness (QED) is 0.408. The molecule has 4 rings (SSSR count). The Labute approximate surface area is 190 Å². The van der Waals surface area contributed by atoms with Crippen LogP contribution in [-0.4, -0.2) is 43.5 Å². The van der Waals surface area contributed by atoms with Gasteiger partial charge < -0.3 is 9.73 Å². The number of rotatable bonds is 7. The van der Waals surface area contributed by atoms with Gasteiger partial charge in [0.25, 0.3) is 5.22 Å². The first-order chi connectivity index (χ1) is 15.2. The van der Waals surface area contributed by atoms with Gasteiger partial charge in [-0.2, -0.15) is 0 Å². The van der Waals surface area contributed by atoms with E-state index in [-0.39, 0.29) is 22.6 Å². The number of benzene rings is 3. The molecule has 0 aliphatic heterocycles. The summed E-state index contributed by atoms with van der Waals surface area (Å²) in [6.45, 7) is 1.94. The van der Waals surface area contributed by atoms with Crippen molar-refractivity contribution in [1.82, 2.24) is 14.6 Å². The number of oxazole rings is 1. The van der Waals surface area contributed by atoms with Gasteiger partial charge in [0.05, 0.1) is 16.7 Å². The van der Waals surface area contributed by atoms with Crippen LogP contribution in [0.15, 0.2) is 75.2 Å². The van der Waals surface area contributed by atoms with E-state index in [1.54, 1.807) is 6.07 Å². The van der Waals surface area contributed by atoms with Gasteiger partial charge in [-0.05, 0) is 47.5 Å². The van der Waals surface area contributed by atoms with E-state index in [1.807, 2.05) is 37.3 Å². The molecule has 1 unspecified atom stereocenters. The van der Waals surface area contributed by atoms with Crippen molar-refractivity contribution in [3.63, 3.8) is 0 Å². The molecule has 166 valence electrons. The van der Waals surface area contributed by atoms with E-state index in [1.165, 1.54) is 26.2 Å². The van der Waals surface area contributed by atoms with Crippen molar-refractivity contribution >= 4 is 49.6 Å². The largest absolute Gasteiger partial charge is 0.431 e. The van der Waals surface area contributed by atoms with Gasteiger partial charge in [-0.15, -0.1) is 0 Å². The van der Waals surface area contributed by atoms with Gasteiger partial charge in [0, 0.05) is 14.1 Å². The van der Waals surface area contributed by atoms with Crippen molar-refractivity contribution in [2.24, 2.45) is 0 Å². The first kappa shape index (κ1) is 22.3. The van der Waals surface area contributed by atoms with E-state index >= 15 is 0 Å². The Morgan fingerprint density at radius 1 is 1.09 bits per heavy atom. The minimum absolute atomic E-state index is 0.133. The highest BCUT2D eigenvalue weighted by Crippen LogP contribution is 2.26. The van der Waals surface area contributed by atoms with Crippen LogP contribution in [0.25, 0.3) is 21.9 Å². The lowest BCUT2D eigenvalue weighted by atomic mass is 10.0. The molecular formula is C23H23N3O4S2. The minimum Gasteiger partial charge on any atom is -0.431 e. The molecule has 0 aliphatic rings. The molecule has 1 atom stereocenters. The first-order valence-corrected chi connectivity index (χ1v) is 12.4. The molecule has 32 heavy (non-hydrogen) atoms. The summed E-state index contributed by atoms with van der Waals surface area (Å²) in [5.41, 5.74) is 1.93. The molecule has 9 heteroatoms. The molecule has 0 spiro atoms. The maximum Gasteiger partial charge on any atom is 0.257 e. The molecule has 3 aromatic carbocycles. The Morgan fingerprint density at radius 3 is 2.59 bits per heavy atom. The fourth-order valence-corrected chi connectivity index (χ4v) is 4.86. The fraction of sp³-hybridized carbons (Fsp3) is 0.217. The molecule has 0 saturated heterocycles. The number of hydrogen-bond acceptors (Lipinski definition) is 6. The van der Waals surface area contributed by atoms with Crippen LogP contribution >= 0.6 is 11.8 Å². The highest BCUT2D eigenvalue weighted by molar-refractivity contribution is 7.99. The van der Waals surface area contributed by atoms with Crippen LogP contribution in [-0.2, 0) is 14.8 Å². The van der Waals surface area contributed by atoms with Crippen molar-refractivity contribution in [3.8, 4) is 0 Å². The van der Waals surface area contributed by atoms with Gasteiger partial charge in [0.2, 0.25) is 15.9 Å². The molecule has 7 nitrogen and oxygen atoms in total. The van der Waals surface area contributed by atoms with Crippen molar-refractivity contribution in [3.05, 3.63) is 66.2 Å². The number of sulfonamides is 1. The number of hydrogen-bond donors (Lipinski definition) is 1. The number of carbonyl (C=O) groups excluding carboxylic acids is 1. The summed E-state index contributed by atoms with van der Waals surface area (Å²) in [5, 5.41) is 5.59. The Balaban J connectivity index is 1.40. The van der Waals surface area contributed by atoms with Crippen LogP contribution in [0.5, 0.6) is 0 Å². The van der Waals surface area contributed by atoms with Gasteiger partial charge in [0.15, 0.2) is 5.58 Å². The van der Waals surface area contributed by atoms with E-state index in [0.717, 1.165) is 32.4 Å². The number of aromatic nitrogens is 1. The molecule has 0 fully saturated rings. The van der Waals surface area contributed by atoms with Crippen LogP contribution in [0.2, 0.25) is 0 Å². The van der Waals surface area contributed by atoms with Crippen LogP contribution in [0.4, 0.5) is 0 Å². The number of carbonyl (C=O) groups is 1. The minimum atomic E-state index is -3.56. The van der Waals surface area contributed by atoms with E-state index in [2.05, 4.69) is 22.4 Å². The molecule has 0 aliphatic carbocycles. The lowest BCUT2D eigenvalue weighted by Gasteiger charge is -2.14. The zero-order valence-corrected chi connectivity index (χ0v) is 19.5. The molecule has 0 saturated carbocycles. The van der Waals surface area contributed by atoms with Gasteiger partial charge >= 0.3 is 0 Å². The van der Waals surface area contributed by atoms with Crippen LogP contribution in [0.1, 0.15) is 18.5 Å². The second-order valence-electron chi connectivity index (χ2n) is 7.58. The Kier molecular flexibility index (Phi) is 6.23. The Morgan fingerprint density at radius 2 is 1.84 bits per heavy atom. The number of thioether (sulfide) groups is 1. The molecule has 1 amide bonds. The number of nitrogens with one attached hydrogen (secondary N) is 1. The summed E-state index contributed by atoms with van der Waals surface area (Å²) >= 11 is 1.16. The topological polar surface area (TPSA) is 92.5 Å². The maximum atomic E-state index is 12.5. The van der Waals surface area contributed by atoms with E-state index in [9.17, 15) is 13.2 Å². The fourth-order valence-electron chi connectivity index (χ4n) is 3.29. The van der Waals surface area contributed by atoms with Gasteiger partial charge in [0.1, 0.15) is 5.52 Å². The summed E-state index contributed by atoms with van der Waals surface area (Å²) in [6, 6.07) is 18.6. The molecule has 1 heterocycles. The van der Waals surface area contributed by atoms with Crippen LogP contribution in [0.3, 0.4) is 0 Å². The number of amides is 1. The monoisotopic (exact) mass is 469 g/mol. The van der Waals surface area contributed by atoms with E-state index in [0.29, 0.717) is 16.3 Å². The second kappa shape index (κ2) is 8.93. The molecule has 0 radical (unpaired) electrons. The summed E-state index contributed by atoms with van der Waals surface area (Å²) in [7, 11) is -0.611. The number of fused-ring (bicyclic) bond motifs is 2.